The van der Waals surface area contributed by atoms with Crippen molar-refractivity contribution in [3.8, 4) is 11.5 Å². The molecule has 138 valence electrons. The first-order valence-corrected chi connectivity index (χ1v) is 9.34. The van der Waals surface area contributed by atoms with E-state index >= 15 is 0 Å². The van der Waals surface area contributed by atoms with Crippen LogP contribution in [0.4, 0.5) is 0 Å². The third-order valence-corrected chi connectivity index (χ3v) is 5.76. The molecule has 2 saturated heterocycles. The second-order valence-corrected chi connectivity index (χ2v) is 7.51. The predicted molar refractivity (Wildman–Crippen MR) is 98.4 cm³/mol. The monoisotopic (exact) mass is 366 g/mol. The van der Waals surface area contributed by atoms with Gasteiger partial charge < -0.3 is 14.4 Å². The standard InChI is InChI=1S/C19H27ClN2O3/c1-4-25-17-11-15(20)14(10-16(17)24-3)12-22-9-7-19(13-22)6-5-8-21(2)18(19)23/h10-11H,4-9,12-13H2,1-3H3/t19-/m1/s1. The highest BCUT2D eigenvalue weighted by Gasteiger charge is 2.47. The van der Waals surface area contributed by atoms with Crippen LogP contribution in [0.25, 0.3) is 0 Å². The van der Waals surface area contributed by atoms with E-state index in [1.807, 2.05) is 31.0 Å². The molecule has 25 heavy (non-hydrogen) atoms. The van der Waals surface area contributed by atoms with E-state index in [9.17, 15) is 4.79 Å². The van der Waals surface area contributed by atoms with Crippen LogP contribution in [0.15, 0.2) is 12.1 Å². The molecule has 2 aliphatic rings. The summed E-state index contributed by atoms with van der Waals surface area (Å²) < 4.78 is 11.0. The van der Waals surface area contributed by atoms with Crippen LogP contribution >= 0.6 is 11.6 Å². The summed E-state index contributed by atoms with van der Waals surface area (Å²) in [6.07, 6.45) is 3.02. The van der Waals surface area contributed by atoms with E-state index in [4.69, 9.17) is 21.1 Å². The van der Waals surface area contributed by atoms with Crippen molar-refractivity contribution in [2.45, 2.75) is 32.7 Å². The van der Waals surface area contributed by atoms with E-state index in [0.29, 0.717) is 29.0 Å². The van der Waals surface area contributed by atoms with Gasteiger partial charge in [0.05, 0.1) is 19.1 Å². The Labute approximate surface area is 154 Å². The molecule has 1 amide bonds. The van der Waals surface area contributed by atoms with Crippen LogP contribution < -0.4 is 9.47 Å². The van der Waals surface area contributed by atoms with Crippen molar-refractivity contribution in [3.63, 3.8) is 0 Å². The fraction of sp³-hybridized carbons (Fsp3) is 0.632. The number of hydrogen-bond acceptors (Lipinski definition) is 4. The molecule has 2 heterocycles. The van der Waals surface area contributed by atoms with E-state index in [2.05, 4.69) is 4.90 Å². The number of rotatable bonds is 5. The van der Waals surface area contributed by atoms with Gasteiger partial charge in [-0.2, -0.15) is 0 Å². The van der Waals surface area contributed by atoms with Crippen LogP contribution in [0.2, 0.25) is 5.02 Å². The summed E-state index contributed by atoms with van der Waals surface area (Å²) in [5, 5.41) is 0.678. The molecule has 1 atom stereocenters. The van der Waals surface area contributed by atoms with Crippen LogP contribution in [0.1, 0.15) is 31.7 Å². The van der Waals surface area contributed by atoms with Crippen molar-refractivity contribution in [2.24, 2.45) is 5.41 Å². The van der Waals surface area contributed by atoms with Crippen LogP contribution in [-0.2, 0) is 11.3 Å². The van der Waals surface area contributed by atoms with E-state index in [1.165, 1.54) is 0 Å². The number of nitrogens with zero attached hydrogens (tertiary/aromatic N) is 2. The highest BCUT2D eigenvalue weighted by molar-refractivity contribution is 6.31. The van der Waals surface area contributed by atoms with E-state index in [0.717, 1.165) is 51.0 Å². The predicted octanol–water partition coefficient (Wildman–Crippen LogP) is 3.19. The van der Waals surface area contributed by atoms with E-state index in [-0.39, 0.29) is 5.41 Å². The first-order valence-electron chi connectivity index (χ1n) is 8.96. The van der Waals surface area contributed by atoms with Crippen LogP contribution in [0.5, 0.6) is 11.5 Å². The van der Waals surface area contributed by atoms with Gasteiger partial charge in [0, 0.05) is 37.8 Å². The van der Waals surface area contributed by atoms with Gasteiger partial charge in [-0.25, -0.2) is 0 Å². The number of carbonyl (C=O) groups is 1. The summed E-state index contributed by atoms with van der Waals surface area (Å²) in [6.45, 7) is 5.83. The Bertz CT molecular complexity index is 652. The molecular formula is C19H27ClN2O3. The summed E-state index contributed by atoms with van der Waals surface area (Å²) in [7, 11) is 3.55. The minimum Gasteiger partial charge on any atom is -0.493 e. The lowest BCUT2D eigenvalue weighted by molar-refractivity contribution is -0.143. The first kappa shape index (κ1) is 18.3. The summed E-state index contributed by atoms with van der Waals surface area (Å²) in [4.78, 5) is 16.9. The van der Waals surface area contributed by atoms with Gasteiger partial charge in [0.15, 0.2) is 11.5 Å². The molecule has 2 aliphatic heterocycles. The number of methoxy groups -OCH3 is 1. The van der Waals surface area contributed by atoms with E-state index in [1.54, 1.807) is 7.11 Å². The second-order valence-electron chi connectivity index (χ2n) is 7.10. The second kappa shape index (κ2) is 7.42. The third kappa shape index (κ3) is 3.58. The zero-order chi connectivity index (χ0) is 18.0. The summed E-state index contributed by atoms with van der Waals surface area (Å²) in [6, 6.07) is 3.78. The number of likely N-dealkylation sites (tertiary alicyclic amines) is 2. The van der Waals surface area contributed by atoms with Gasteiger partial charge in [-0.05, 0) is 44.4 Å². The van der Waals surface area contributed by atoms with Crippen molar-refractivity contribution in [2.75, 3.05) is 40.4 Å². The average molecular weight is 367 g/mol. The van der Waals surface area contributed by atoms with E-state index < -0.39 is 0 Å². The summed E-state index contributed by atoms with van der Waals surface area (Å²) in [5.41, 5.74) is 0.810. The lowest BCUT2D eigenvalue weighted by Crippen LogP contribution is -2.48. The van der Waals surface area contributed by atoms with Gasteiger partial charge in [0.1, 0.15) is 0 Å². The maximum absolute atomic E-state index is 12.7. The zero-order valence-electron chi connectivity index (χ0n) is 15.3. The number of piperidine rings is 1. The van der Waals surface area contributed by atoms with Gasteiger partial charge in [-0.1, -0.05) is 11.6 Å². The van der Waals surface area contributed by atoms with Gasteiger partial charge in [0.2, 0.25) is 5.91 Å². The largest absolute Gasteiger partial charge is 0.493 e. The fourth-order valence-corrected chi connectivity index (χ4v) is 4.32. The van der Waals surface area contributed by atoms with Crippen molar-refractivity contribution >= 4 is 17.5 Å². The molecular weight excluding hydrogens is 340 g/mol. The number of benzene rings is 1. The maximum atomic E-state index is 12.7. The highest BCUT2D eigenvalue weighted by Crippen LogP contribution is 2.41. The quantitative estimate of drug-likeness (QED) is 0.802. The molecule has 1 aromatic rings. The average Bonchev–Trinajstić information content (AvgIpc) is 2.99. The number of hydrogen-bond donors (Lipinski definition) is 0. The topological polar surface area (TPSA) is 42.0 Å². The molecule has 0 aromatic heterocycles. The molecule has 0 radical (unpaired) electrons. The molecule has 0 unspecified atom stereocenters. The molecule has 1 aromatic carbocycles. The Balaban J connectivity index is 1.74. The van der Waals surface area contributed by atoms with Crippen molar-refractivity contribution < 1.29 is 14.3 Å². The number of amides is 1. The molecule has 6 heteroatoms. The molecule has 0 bridgehead atoms. The molecule has 5 nitrogen and oxygen atoms in total. The smallest absolute Gasteiger partial charge is 0.229 e. The molecule has 1 spiro atoms. The summed E-state index contributed by atoms with van der Waals surface area (Å²) >= 11 is 6.46. The van der Waals surface area contributed by atoms with Crippen molar-refractivity contribution in [3.05, 3.63) is 22.7 Å². The minimum atomic E-state index is -0.200. The number of carbonyl (C=O) groups excluding carboxylic acids is 1. The van der Waals surface area contributed by atoms with Gasteiger partial charge in [-0.3, -0.25) is 9.69 Å². The van der Waals surface area contributed by atoms with Gasteiger partial charge >= 0.3 is 0 Å². The fourth-order valence-electron chi connectivity index (χ4n) is 4.11. The number of ether oxygens (including phenoxy) is 2. The van der Waals surface area contributed by atoms with Crippen molar-refractivity contribution in [1.29, 1.82) is 0 Å². The Morgan fingerprint density at radius 2 is 2.04 bits per heavy atom. The molecule has 3 rings (SSSR count). The minimum absolute atomic E-state index is 0.200. The molecule has 0 saturated carbocycles. The normalized spacial score (nSPS) is 24.2. The van der Waals surface area contributed by atoms with Gasteiger partial charge in [0.25, 0.3) is 0 Å². The third-order valence-electron chi connectivity index (χ3n) is 5.41. The lowest BCUT2D eigenvalue weighted by Gasteiger charge is -2.37. The number of halogens is 1. The highest BCUT2D eigenvalue weighted by atomic mass is 35.5. The maximum Gasteiger partial charge on any atom is 0.229 e. The molecule has 2 fully saturated rings. The van der Waals surface area contributed by atoms with Crippen LogP contribution in [-0.4, -0.2) is 56.1 Å². The summed E-state index contributed by atoms with van der Waals surface area (Å²) in [5.74, 6) is 1.67. The Morgan fingerprint density at radius 3 is 2.76 bits per heavy atom. The first-order chi connectivity index (χ1) is 12.0. The Kier molecular flexibility index (Phi) is 5.44. The van der Waals surface area contributed by atoms with Crippen molar-refractivity contribution in [1.82, 2.24) is 9.80 Å². The van der Waals surface area contributed by atoms with Gasteiger partial charge in [-0.15, -0.1) is 0 Å². The Morgan fingerprint density at radius 1 is 1.24 bits per heavy atom. The Hall–Kier alpha value is -1.46. The lowest BCUT2D eigenvalue weighted by atomic mass is 9.78. The van der Waals surface area contributed by atoms with Crippen LogP contribution in [0.3, 0.4) is 0 Å². The van der Waals surface area contributed by atoms with Crippen LogP contribution in [0, 0.1) is 5.41 Å². The molecule has 0 N–H and O–H groups in total. The molecule has 0 aliphatic carbocycles. The zero-order valence-corrected chi connectivity index (χ0v) is 16.1. The SMILES string of the molecule is CCOc1cc(Cl)c(CN2CC[C@]3(CCCN(C)C3=O)C2)cc1OC.